The molecule has 0 bridgehead atoms. The predicted molar refractivity (Wildman–Crippen MR) is 53.9 cm³/mol. The van der Waals surface area contributed by atoms with Crippen LogP contribution in [-0.2, 0) is 9.47 Å². The van der Waals surface area contributed by atoms with E-state index in [0.717, 1.165) is 25.7 Å². The molecule has 1 rings (SSSR count). The molecule has 0 N–H and O–H groups in total. The van der Waals surface area contributed by atoms with Gasteiger partial charge in [0.1, 0.15) is 0 Å². The first-order valence-electron chi connectivity index (χ1n) is 5.50. The van der Waals surface area contributed by atoms with Crippen LogP contribution < -0.4 is 0 Å². The third-order valence-corrected chi connectivity index (χ3v) is 2.76. The fraction of sp³-hybridized carbons (Fsp3) is 1.00. The van der Waals surface area contributed by atoms with Crippen molar-refractivity contribution in [3.63, 3.8) is 0 Å². The zero-order valence-electron chi connectivity index (χ0n) is 8.76. The highest BCUT2D eigenvalue weighted by atomic mass is 16.5. The number of hydrogen-bond donors (Lipinski definition) is 0. The molecular weight excluding hydrogens is 164 g/mol. The van der Waals surface area contributed by atoms with Gasteiger partial charge in [-0.2, -0.15) is 0 Å². The van der Waals surface area contributed by atoms with E-state index in [-0.39, 0.29) is 0 Å². The lowest BCUT2D eigenvalue weighted by molar-refractivity contribution is 0.0484. The molecule has 13 heavy (non-hydrogen) atoms. The fourth-order valence-electron chi connectivity index (χ4n) is 1.92. The molecule has 78 valence electrons. The van der Waals surface area contributed by atoms with E-state index < -0.39 is 0 Å². The Bertz CT molecular complexity index is 107. The molecule has 0 atom stereocenters. The second-order valence-corrected chi connectivity index (χ2v) is 3.93. The molecule has 0 heterocycles. The summed E-state index contributed by atoms with van der Waals surface area (Å²) in [7, 11) is 1.72. The predicted octanol–water partition coefficient (Wildman–Crippen LogP) is 2.62. The van der Waals surface area contributed by atoms with Gasteiger partial charge in [-0.1, -0.05) is 25.7 Å². The van der Waals surface area contributed by atoms with Crippen LogP contribution in [0.1, 0.15) is 38.5 Å². The Morgan fingerprint density at radius 1 is 1.00 bits per heavy atom. The highest BCUT2D eigenvalue weighted by Gasteiger charge is 2.11. The first kappa shape index (κ1) is 11.0. The van der Waals surface area contributed by atoms with Crippen LogP contribution in [0.15, 0.2) is 0 Å². The Balaban J connectivity index is 1.98. The molecule has 2 heteroatoms. The van der Waals surface area contributed by atoms with Crippen molar-refractivity contribution in [1.29, 1.82) is 0 Å². The largest absolute Gasteiger partial charge is 0.382 e. The summed E-state index contributed by atoms with van der Waals surface area (Å²) in [5.74, 6) is 0.819. The van der Waals surface area contributed by atoms with Gasteiger partial charge in [0, 0.05) is 13.7 Å². The molecule has 0 spiro atoms. The quantitative estimate of drug-likeness (QED) is 0.485. The smallest absolute Gasteiger partial charge is 0.0700 e. The van der Waals surface area contributed by atoms with Crippen LogP contribution in [0.4, 0.5) is 0 Å². The van der Waals surface area contributed by atoms with Crippen molar-refractivity contribution in [2.24, 2.45) is 5.92 Å². The van der Waals surface area contributed by atoms with Gasteiger partial charge in [0.2, 0.25) is 0 Å². The molecule has 0 aromatic rings. The van der Waals surface area contributed by atoms with E-state index in [1.807, 2.05) is 0 Å². The molecular formula is C11H22O2. The van der Waals surface area contributed by atoms with E-state index in [2.05, 4.69) is 0 Å². The molecule has 0 saturated heterocycles. The van der Waals surface area contributed by atoms with Crippen molar-refractivity contribution in [2.45, 2.75) is 38.5 Å². The Kier molecular flexibility index (Phi) is 6.21. The lowest BCUT2D eigenvalue weighted by Gasteiger charge is -2.13. The third-order valence-electron chi connectivity index (χ3n) is 2.76. The molecule has 2 nitrogen and oxygen atoms in total. The van der Waals surface area contributed by atoms with Crippen LogP contribution in [0.5, 0.6) is 0 Å². The average Bonchev–Trinajstić information content (AvgIpc) is 2.41. The van der Waals surface area contributed by atoms with Gasteiger partial charge in [0.25, 0.3) is 0 Å². The topological polar surface area (TPSA) is 18.5 Å². The van der Waals surface area contributed by atoms with Gasteiger partial charge in [-0.3, -0.25) is 0 Å². The molecule has 0 aromatic carbocycles. The van der Waals surface area contributed by atoms with E-state index in [9.17, 15) is 0 Å². The van der Waals surface area contributed by atoms with E-state index in [1.54, 1.807) is 7.11 Å². The van der Waals surface area contributed by atoms with Gasteiger partial charge in [-0.25, -0.2) is 0 Å². The van der Waals surface area contributed by atoms with Gasteiger partial charge >= 0.3 is 0 Å². The minimum absolute atomic E-state index is 0.729. The van der Waals surface area contributed by atoms with Crippen LogP contribution in [0, 0.1) is 5.92 Å². The maximum absolute atomic E-state index is 5.54. The third kappa shape index (κ3) is 5.27. The van der Waals surface area contributed by atoms with Crippen LogP contribution in [-0.4, -0.2) is 26.9 Å². The Morgan fingerprint density at radius 3 is 2.31 bits per heavy atom. The number of rotatable bonds is 5. The lowest BCUT2D eigenvalue weighted by Crippen LogP contribution is -2.11. The zero-order chi connectivity index (χ0) is 9.36. The average molecular weight is 186 g/mol. The summed E-state index contributed by atoms with van der Waals surface area (Å²) < 4.78 is 10.5. The summed E-state index contributed by atoms with van der Waals surface area (Å²) in [6.07, 6.45) is 8.39. The van der Waals surface area contributed by atoms with Gasteiger partial charge in [-0.05, 0) is 18.8 Å². The minimum Gasteiger partial charge on any atom is -0.382 e. The van der Waals surface area contributed by atoms with Crippen LogP contribution in [0.2, 0.25) is 0 Å². The molecule has 1 fully saturated rings. The lowest BCUT2D eigenvalue weighted by atomic mass is 10.0. The van der Waals surface area contributed by atoms with Crippen LogP contribution >= 0.6 is 0 Å². The summed E-state index contributed by atoms with van der Waals surface area (Å²) in [4.78, 5) is 0. The van der Waals surface area contributed by atoms with Gasteiger partial charge in [-0.15, -0.1) is 0 Å². The monoisotopic (exact) mass is 186 g/mol. The van der Waals surface area contributed by atoms with Crippen LogP contribution in [0.25, 0.3) is 0 Å². The van der Waals surface area contributed by atoms with Crippen molar-refractivity contribution >= 4 is 0 Å². The molecule has 0 aliphatic heterocycles. The Morgan fingerprint density at radius 2 is 1.69 bits per heavy atom. The summed E-state index contributed by atoms with van der Waals surface area (Å²) in [6.45, 7) is 2.43. The molecule has 1 aliphatic carbocycles. The highest BCUT2D eigenvalue weighted by Crippen LogP contribution is 2.22. The Labute approximate surface area is 81.6 Å². The van der Waals surface area contributed by atoms with Crippen molar-refractivity contribution in [2.75, 3.05) is 26.9 Å². The Hall–Kier alpha value is -0.0800. The summed E-state index contributed by atoms with van der Waals surface area (Å²) in [5, 5.41) is 0. The van der Waals surface area contributed by atoms with Crippen molar-refractivity contribution < 1.29 is 9.47 Å². The van der Waals surface area contributed by atoms with Crippen molar-refractivity contribution in [3.05, 3.63) is 0 Å². The van der Waals surface area contributed by atoms with E-state index >= 15 is 0 Å². The van der Waals surface area contributed by atoms with Crippen molar-refractivity contribution in [1.82, 2.24) is 0 Å². The van der Waals surface area contributed by atoms with Crippen molar-refractivity contribution in [3.8, 4) is 0 Å². The van der Waals surface area contributed by atoms with E-state index in [0.29, 0.717) is 0 Å². The molecule has 0 unspecified atom stereocenters. The molecule has 0 aromatic heterocycles. The molecule has 0 amide bonds. The first-order valence-corrected chi connectivity index (χ1v) is 5.50. The summed E-state index contributed by atoms with van der Waals surface area (Å²) in [6, 6.07) is 0. The molecule has 1 aliphatic rings. The van der Waals surface area contributed by atoms with Crippen LogP contribution in [0.3, 0.4) is 0 Å². The maximum atomic E-state index is 5.54. The normalized spacial score (nSPS) is 20.1. The SMILES string of the molecule is COCCOCC1CCCCCC1. The second kappa shape index (κ2) is 7.34. The van der Waals surface area contributed by atoms with E-state index in [4.69, 9.17) is 9.47 Å². The number of hydrogen-bond acceptors (Lipinski definition) is 2. The molecule has 0 radical (unpaired) electrons. The number of ether oxygens (including phenoxy) is 2. The van der Waals surface area contributed by atoms with E-state index in [1.165, 1.54) is 38.5 Å². The zero-order valence-corrected chi connectivity index (χ0v) is 8.76. The summed E-state index contributed by atoms with van der Waals surface area (Å²) in [5.41, 5.74) is 0. The summed E-state index contributed by atoms with van der Waals surface area (Å²) >= 11 is 0. The standard InChI is InChI=1S/C11H22O2/c1-12-8-9-13-10-11-6-4-2-3-5-7-11/h11H,2-10H2,1H3. The fourth-order valence-corrected chi connectivity index (χ4v) is 1.92. The van der Waals surface area contributed by atoms with Gasteiger partial charge < -0.3 is 9.47 Å². The molecule has 1 saturated carbocycles. The maximum Gasteiger partial charge on any atom is 0.0700 e. The first-order chi connectivity index (χ1) is 6.43. The second-order valence-electron chi connectivity index (χ2n) is 3.93. The van der Waals surface area contributed by atoms with Gasteiger partial charge in [0.05, 0.1) is 13.2 Å². The number of methoxy groups -OCH3 is 1. The minimum atomic E-state index is 0.729. The highest BCUT2D eigenvalue weighted by molar-refractivity contribution is 4.63. The van der Waals surface area contributed by atoms with Gasteiger partial charge in [0.15, 0.2) is 0 Å².